The Kier molecular flexibility index (Phi) is 19.6. The highest BCUT2D eigenvalue weighted by Gasteiger charge is 2.27. The smallest absolute Gasteiger partial charge is 0.258 e. The number of benzene rings is 5. The number of amides is 4. The quantitative estimate of drug-likeness (QED) is 0.0314. The van der Waals surface area contributed by atoms with Gasteiger partial charge in [-0.15, -0.1) is 34.8 Å². The Balaban J connectivity index is 1.29. The van der Waals surface area contributed by atoms with Crippen LogP contribution < -0.4 is 30.7 Å². The molecule has 0 aromatic heterocycles. The number of azo groups is 2. The van der Waals surface area contributed by atoms with E-state index in [0.29, 0.717) is 52.8 Å². The zero-order valence-corrected chi connectivity index (χ0v) is 41.4. The van der Waals surface area contributed by atoms with E-state index in [1.807, 2.05) is 13.8 Å². The summed E-state index contributed by atoms with van der Waals surface area (Å²) in [4.78, 5) is 79.2. The molecule has 0 aliphatic heterocycles. The van der Waals surface area contributed by atoms with Crippen molar-refractivity contribution in [1.82, 2.24) is 0 Å². The number of ether oxygens (including phenoxy) is 2. The number of hydrogen-bond acceptors (Lipinski definition) is 12. The maximum absolute atomic E-state index is 13.6. The summed E-state index contributed by atoms with van der Waals surface area (Å²) in [6, 6.07) is 20.1. The number of nitrogens with zero attached hydrogens (tertiary/aromatic N) is 4. The first-order chi connectivity index (χ1) is 33.0. The second-order valence-corrected chi connectivity index (χ2v) is 16.7. The van der Waals surface area contributed by atoms with Crippen LogP contribution in [-0.4, -0.2) is 60.5 Å². The van der Waals surface area contributed by atoms with Crippen molar-refractivity contribution in [1.29, 1.82) is 0 Å². The van der Waals surface area contributed by atoms with Crippen molar-refractivity contribution in [3.63, 3.8) is 0 Å². The van der Waals surface area contributed by atoms with Gasteiger partial charge in [0.15, 0.2) is 11.6 Å². The van der Waals surface area contributed by atoms with Crippen LogP contribution in [0.25, 0.3) is 0 Å². The lowest BCUT2D eigenvalue weighted by atomic mass is 10.1. The Morgan fingerprint density at radius 2 is 1.01 bits per heavy atom. The molecule has 5 aromatic carbocycles. The van der Waals surface area contributed by atoms with E-state index in [4.69, 9.17) is 67.5 Å². The molecule has 5 rings (SSSR count). The molecule has 0 spiro atoms. The lowest BCUT2D eigenvalue weighted by Gasteiger charge is -2.17. The van der Waals surface area contributed by atoms with Crippen molar-refractivity contribution in [2.75, 3.05) is 34.5 Å². The van der Waals surface area contributed by atoms with Gasteiger partial charge in [0.25, 0.3) is 23.6 Å². The molecule has 21 heteroatoms. The summed E-state index contributed by atoms with van der Waals surface area (Å²) in [5.41, 5.74) is 2.71. The van der Waals surface area contributed by atoms with Crippen LogP contribution in [0.15, 0.2) is 111 Å². The number of alkyl halides is 3. The molecule has 0 fully saturated rings. The monoisotopic (exact) mass is 1040 g/mol. The number of carbonyl (C=O) groups excluding carboxylic acids is 6. The molecule has 16 nitrogen and oxygen atoms in total. The fourth-order valence-corrected chi connectivity index (χ4v) is 7.75. The van der Waals surface area contributed by atoms with Gasteiger partial charge in [0, 0.05) is 33.9 Å². The van der Waals surface area contributed by atoms with Crippen LogP contribution in [0, 0.1) is 0 Å². The van der Waals surface area contributed by atoms with Crippen molar-refractivity contribution in [3.8, 4) is 11.5 Å². The molecule has 0 heterocycles. The topological polar surface area (TPSA) is 218 Å². The highest BCUT2D eigenvalue weighted by Crippen LogP contribution is 2.35. The zero-order chi connectivity index (χ0) is 50.4. The van der Waals surface area contributed by atoms with E-state index in [2.05, 4.69) is 41.7 Å². The summed E-state index contributed by atoms with van der Waals surface area (Å²) in [6.07, 6.45) is 0. The predicted octanol–water partition coefficient (Wildman–Crippen LogP) is 12.4. The molecule has 4 amide bonds. The predicted molar refractivity (Wildman–Crippen MR) is 269 cm³/mol. The van der Waals surface area contributed by atoms with Crippen LogP contribution in [0.4, 0.5) is 34.1 Å². The number of anilines is 4. The minimum atomic E-state index is -1.66. The van der Waals surface area contributed by atoms with Gasteiger partial charge >= 0.3 is 0 Å². The van der Waals surface area contributed by atoms with E-state index in [1.54, 1.807) is 43.3 Å². The van der Waals surface area contributed by atoms with Gasteiger partial charge in [0.05, 0.1) is 51.5 Å². The summed E-state index contributed by atoms with van der Waals surface area (Å²) in [7, 11) is 0. The van der Waals surface area contributed by atoms with Gasteiger partial charge in [-0.25, -0.2) is 0 Å². The van der Waals surface area contributed by atoms with Crippen LogP contribution in [0.1, 0.15) is 77.4 Å². The lowest BCUT2D eigenvalue weighted by molar-refractivity contribution is -0.127. The van der Waals surface area contributed by atoms with Gasteiger partial charge in [-0.05, 0) is 107 Å². The van der Waals surface area contributed by atoms with Gasteiger partial charge < -0.3 is 30.7 Å². The highest BCUT2D eigenvalue weighted by atomic mass is 35.5. The molecule has 3 atom stereocenters. The Morgan fingerprint density at radius 3 is 1.42 bits per heavy atom. The average molecular weight is 1040 g/mol. The number of halogens is 5. The van der Waals surface area contributed by atoms with Gasteiger partial charge in [-0.2, -0.15) is 20.5 Å². The summed E-state index contributed by atoms with van der Waals surface area (Å²) in [5.74, 6) is -3.08. The van der Waals surface area contributed by atoms with Gasteiger partial charge in [-0.1, -0.05) is 47.5 Å². The zero-order valence-electron chi connectivity index (χ0n) is 37.7. The number of carbonyl (C=O) groups is 6. The fraction of sp³-hybridized carbons (Fsp3) is 0.250. The fourth-order valence-electron chi connectivity index (χ4n) is 6.52. The molecule has 4 N–H and O–H groups in total. The Hall–Kier alpha value is -6.43. The van der Waals surface area contributed by atoms with Crippen molar-refractivity contribution in [3.05, 3.63) is 129 Å². The summed E-state index contributed by atoms with van der Waals surface area (Å²) in [5, 5.41) is 26.0. The first kappa shape index (κ1) is 53.5. The van der Waals surface area contributed by atoms with Crippen LogP contribution >= 0.6 is 58.0 Å². The van der Waals surface area contributed by atoms with Crippen molar-refractivity contribution >= 4 is 127 Å². The number of nitrogens with one attached hydrogen (secondary N) is 4. The number of ketones is 2. The van der Waals surface area contributed by atoms with E-state index in [1.165, 1.54) is 54.6 Å². The molecule has 3 unspecified atom stereocenters. The summed E-state index contributed by atoms with van der Waals surface area (Å²) >= 11 is 32.0. The molecule has 0 aliphatic carbocycles. The number of hydrogen-bond donors (Lipinski definition) is 4. The third-order valence-electron chi connectivity index (χ3n) is 9.91. The third-order valence-corrected chi connectivity index (χ3v) is 11.5. The number of rotatable bonds is 21. The molecule has 360 valence electrons. The van der Waals surface area contributed by atoms with Crippen LogP contribution in [0.5, 0.6) is 11.5 Å². The van der Waals surface area contributed by atoms with Crippen molar-refractivity contribution in [2.24, 2.45) is 20.5 Å². The van der Waals surface area contributed by atoms with Crippen LogP contribution in [-0.2, 0) is 30.9 Å². The van der Waals surface area contributed by atoms with Gasteiger partial charge in [0.2, 0.25) is 12.1 Å². The van der Waals surface area contributed by atoms with Crippen LogP contribution in [0.2, 0.25) is 10.0 Å². The lowest BCUT2D eigenvalue weighted by Crippen LogP contribution is -2.32. The molecule has 0 saturated heterocycles. The van der Waals surface area contributed by atoms with Gasteiger partial charge in [0.1, 0.15) is 22.9 Å². The molecule has 69 heavy (non-hydrogen) atoms. The molecule has 0 bridgehead atoms. The van der Waals surface area contributed by atoms with E-state index in [-0.39, 0.29) is 55.7 Å². The molecule has 0 aliphatic rings. The molecular formula is C48H45Cl5N8O8. The van der Waals surface area contributed by atoms with Gasteiger partial charge in [-0.3, -0.25) is 28.8 Å². The minimum Gasteiger partial charge on any atom is -0.493 e. The molecule has 0 saturated carbocycles. The standard InChI is InChI=1S/C48H45Cl5N8O8/c1-6-68-39-18-10-14-34(32(39)23-49)55-45(64)29-12-8-16-37(41(29)52)58-60-43(26(4)62)47(66)54-28-20-21-36(31(22-28)25(3)51)57-48(67)44(27(5)63)61-59-38-17-9-13-30(42(38)53)46(65)56-35-15-11-19-40(69-7-2)33(35)24-50/h8-22,25,43-44H,6-7,23-24H2,1-5H3,(H,54,66)(H,55,64)(H,56,65)(H,57,67). The van der Waals surface area contributed by atoms with Crippen molar-refractivity contribution in [2.45, 2.75) is 63.8 Å². The molecule has 0 radical (unpaired) electrons. The van der Waals surface area contributed by atoms with E-state index >= 15 is 0 Å². The Labute approximate surface area is 422 Å². The average Bonchev–Trinajstić information content (AvgIpc) is 3.30. The highest BCUT2D eigenvalue weighted by molar-refractivity contribution is 6.37. The molecular weight excluding hydrogens is 994 g/mol. The third kappa shape index (κ3) is 13.6. The Bertz CT molecular complexity index is 2820. The summed E-state index contributed by atoms with van der Waals surface area (Å²) in [6.45, 7) is 8.34. The first-order valence-electron chi connectivity index (χ1n) is 21.1. The second kappa shape index (κ2) is 25.3. The second-order valence-electron chi connectivity index (χ2n) is 14.7. The van der Waals surface area contributed by atoms with E-state index in [0.717, 1.165) is 13.8 Å². The summed E-state index contributed by atoms with van der Waals surface area (Å²) < 4.78 is 11.3. The van der Waals surface area contributed by atoms with E-state index < -0.39 is 52.7 Å². The van der Waals surface area contributed by atoms with Crippen molar-refractivity contribution < 1.29 is 38.2 Å². The minimum absolute atomic E-state index is 0.00363. The maximum atomic E-state index is 13.6. The maximum Gasteiger partial charge on any atom is 0.258 e. The Morgan fingerprint density at radius 1 is 0.580 bits per heavy atom. The van der Waals surface area contributed by atoms with E-state index in [9.17, 15) is 28.8 Å². The van der Waals surface area contributed by atoms with Crippen LogP contribution in [0.3, 0.4) is 0 Å². The largest absolute Gasteiger partial charge is 0.493 e. The SMILES string of the molecule is CCOc1cccc(NC(=O)c2cccc(N=NC(C(C)=O)C(=O)Nc3ccc(NC(=O)C(N=Nc4cccc(C(=O)Nc5cccc(OCC)c5CCl)c4Cl)C(C)=O)c(C(C)Cl)c3)c2Cl)c1CCl. The normalized spacial score (nSPS) is 12.5. The first-order valence-corrected chi connectivity index (χ1v) is 23.3. The number of Topliss-reactive ketones (excluding diaryl/α,β-unsaturated/α-hetero) is 2. The molecule has 5 aromatic rings.